The van der Waals surface area contributed by atoms with E-state index in [0.29, 0.717) is 19.1 Å². The summed E-state index contributed by atoms with van der Waals surface area (Å²) in [6.45, 7) is 6.46. The van der Waals surface area contributed by atoms with Gasteiger partial charge in [0, 0.05) is 12.0 Å². The number of guanidine groups is 1. The molecule has 0 aromatic heterocycles. The number of benzene rings is 1. The SMILES string of the molecule is CC(C)(C)OC(=O)CCN=C(N)NC1CCOc2ccccc21.I. The fraction of sp³-hybridized carbons (Fsp3) is 0.529. The fourth-order valence-corrected chi connectivity index (χ4v) is 2.38. The first-order chi connectivity index (χ1) is 10.8. The average molecular weight is 447 g/mol. The Morgan fingerprint density at radius 1 is 1.42 bits per heavy atom. The lowest BCUT2D eigenvalue weighted by molar-refractivity contribution is -0.154. The number of hydrogen-bond acceptors (Lipinski definition) is 4. The van der Waals surface area contributed by atoms with Crippen LogP contribution in [0.25, 0.3) is 0 Å². The first kappa shape index (κ1) is 20.5. The number of ether oxygens (including phenoxy) is 2. The van der Waals surface area contributed by atoms with Gasteiger partial charge >= 0.3 is 5.97 Å². The summed E-state index contributed by atoms with van der Waals surface area (Å²) in [7, 11) is 0. The van der Waals surface area contributed by atoms with Crippen LogP contribution < -0.4 is 15.8 Å². The summed E-state index contributed by atoms with van der Waals surface area (Å²) < 4.78 is 10.8. The van der Waals surface area contributed by atoms with Crippen LogP contribution in [0.1, 0.15) is 45.2 Å². The van der Waals surface area contributed by atoms with Crippen molar-refractivity contribution in [3.05, 3.63) is 29.8 Å². The molecule has 1 aromatic rings. The third-order valence-corrected chi connectivity index (χ3v) is 3.30. The zero-order chi connectivity index (χ0) is 16.9. The highest BCUT2D eigenvalue weighted by atomic mass is 127. The molecular formula is C17H26IN3O3. The molecule has 6 nitrogen and oxygen atoms in total. The highest BCUT2D eigenvalue weighted by Gasteiger charge is 2.21. The molecule has 1 atom stereocenters. The van der Waals surface area contributed by atoms with E-state index in [0.717, 1.165) is 17.7 Å². The van der Waals surface area contributed by atoms with E-state index in [9.17, 15) is 4.79 Å². The summed E-state index contributed by atoms with van der Waals surface area (Å²) in [6.07, 6.45) is 1.03. The maximum Gasteiger partial charge on any atom is 0.308 e. The monoisotopic (exact) mass is 447 g/mol. The van der Waals surface area contributed by atoms with Crippen molar-refractivity contribution in [1.29, 1.82) is 0 Å². The van der Waals surface area contributed by atoms with E-state index in [1.165, 1.54) is 0 Å². The third-order valence-electron chi connectivity index (χ3n) is 3.30. The second-order valence-electron chi connectivity index (χ2n) is 6.48. The van der Waals surface area contributed by atoms with E-state index in [4.69, 9.17) is 15.2 Å². The van der Waals surface area contributed by atoms with Gasteiger partial charge in [0.2, 0.25) is 0 Å². The van der Waals surface area contributed by atoms with E-state index in [1.54, 1.807) is 0 Å². The molecule has 0 radical (unpaired) electrons. The first-order valence-corrected chi connectivity index (χ1v) is 7.85. The van der Waals surface area contributed by atoms with Crippen molar-refractivity contribution in [2.24, 2.45) is 10.7 Å². The van der Waals surface area contributed by atoms with Crippen LogP contribution in [0.5, 0.6) is 5.75 Å². The zero-order valence-electron chi connectivity index (χ0n) is 14.4. The minimum absolute atomic E-state index is 0. The number of carbonyl (C=O) groups excluding carboxylic acids is 1. The molecule has 7 heteroatoms. The summed E-state index contributed by atoms with van der Waals surface area (Å²) in [5, 5.41) is 3.19. The third kappa shape index (κ3) is 6.54. The minimum atomic E-state index is -0.476. The number of para-hydroxylation sites is 1. The smallest absolute Gasteiger partial charge is 0.308 e. The summed E-state index contributed by atoms with van der Waals surface area (Å²) in [4.78, 5) is 15.8. The van der Waals surface area contributed by atoms with E-state index in [-0.39, 0.29) is 42.4 Å². The fourth-order valence-electron chi connectivity index (χ4n) is 2.38. The van der Waals surface area contributed by atoms with E-state index in [2.05, 4.69) is 10.3 Å². The number of hydrogen-bond donors (Lipinski definition) is 2. The Labute approximate surface area is 160 Å². The maximum absolute atomic E-state index is 11.6. The van der Waals surface area contributed by atoms with Crippen LogP contribution in [0.4, 0.5) is 0 Å². The standard InChI is InChI=1S/C17H25N3O3.HI/c1-17(2,3)23-15(21)8-10-19-16(18)20-13-9-11-22-14-7-5-4-6-12(13)14;/h4-7,13H,8-11H2,1-3H3,(H3,18,19,20);1H. The van der Waals surface area contributed by atoms with Crippen molar-refractivity contribution in [1.82, 2.24) is 5.32 Å². The van der Waals surface area contributed by atoms with Crippen molar-refractivity contribution in [2.75, 3.05) is 13.2 Å². The van der Waals surface area contributed by atoms with Gasteiger partial charge in [0.15, 0.2) is 5.96 Å². The van der Waals surface area contributed by atoms with Crippen LogP contribution in [-0.2, 0) is 9.53 Å². The summed E-state index contributed by atoms with van der Waals surface area (Å²) >= 11 is 0. The largest absolute Gasteiger partial charge is 0.493 e. The number of esters is 1. The highest BCUT2D eigenvalue weighted by Crippen LogP contribution is 2.31. The van der Waals surface area contributed by atoms with E-state index >= 15 is 0 Å². The van der Waals surface area contributed by atoms with Gasteiger partial charge in [-0.05, 0) is 26.8 Å². The average Bonchev–Trinajstić information content (AvgIpc) is 2.45. The lowest BCUT2D eigenvalue weighted by Gasteiger charge is -2.26. The zero-order valence-corrected chi connectivity index (χ0v) is 16.7. The lowest BCUT2D eigenvalue weighted by atomic mass is 10.0. The Hall–Kier alpha value is -1.51. The normalized spacial score (nSPS) is 17.1. The van der Waals surface area contributed by atoms with Gasteiger partial charge in [-0.25, -0.2) is 0 Å². The molecule has 0 saturated heterocycles. The lowest BCUT2D eigenvalue weighted by Crippen LogP contribution is -2.37. The van der Waals surface area contributed by atoms with Gasteiger partial charge in [-0.15, -0.1) is 24.0 Å². The number of nitrogens with zero attached hydrogens (tertiary/aromatic N) is 1. The summed E-state index contributed by atoms with van der Waals surface area (Å²) in [5.41, 5.74) is 6.52. The van der Waals surface area contributed by atoms with Crippen molar-refractivity contribution in [3.63, 3.8) is 0 Å². The molecule has 1 heterocycles. The van der Waals surface area contributed by atoms with E-state index < -0.39 is 5.60 Å². The molecule has 1 aliphatic heterocycles. The van der Waals surface area contributed by atoms with Gasteiger partial charge < -0.3 is 20.5 Å². The summed E-state index contributed by atoms with van der Waals surface area (Å²) in [6, 6.07) is 7.95. The first-order valence-electron chi connectivity index (χ1n) is 7.85. The number of fused-ring (bicyclic) bond motifs is 1. The Bertz CT molecular complexity index is 585. The molecule has 1 unspecified atom stereocenters. The van der Waals surface area contributed by atoms with Crippen molar-refractivity contribution < 1.29 is 14.3 Å². The molecule has 3 N–H and O–H groups in total. The van der Waals surface area contributed by atoms with Crippen LogP contribution in [-0.4, -0.2) is 30.7 Å². The molecule has 2 rings (SSSR count). The molecule has 1 aromatic carbocycles. The quantitative estimate of drug-likeness (QED) is 0.321. The molecular weight excluding hydrogens is 421 g/mol. The highest BCUT2D eigenvalue weighted by molar-refractivity contribution is 14.0. The van der Waals surface area contributed by atoms with Crippen LogP contribution in [0.15, 0.2) is 29.3 Å². The number of rotatable bonds is 4. The second kappa shape index (κ2) is 9.10. The van der Waals surface area contributed by atoms with Gasteiger partial charge in [0.05, 0.1) is 25.6 Å². The molecule has 24 heavy (non-hydrogen) atoms. The molecule has 0 fully saturated rings. The number of nitrogens with two attached hydrogens (primary N) is 1. The Morgan fingerprint density at radius 2 is 2.12 bits per heavy atom. The molecule has 0 bridgehead atoms. The molecule has 1 aliphatic rings. The number of carbonyl (C=O) groups is 1. The van der Waals surface area contributed by atoms with Crippen molar-refractivity contribution in [3.8, 4) is 5.75 Å². The second-order valence-corrected chi connectivity index (χ2v) is 6.48. The van der Waals surface area contributed by atoms with Crippen LogP contribution in [0.2, 0.25) is 0 Å². The molecule has 0 amide bonds. The number of halogens is 1. The molecule has 134 valence electrons. The minimum Gasteiger partial charge on any atom is -0.493 e. The Balaban J connectivity index is 0.00000288. The predicted molar refractivity (Wildman–Crippen MR) is 105 cm³/mol. The van der Waals surface area contributed by atoms with Gasteiger partial charge in [0.25, 0.3) is 0 Å². The van der Waals surface area contributed by atoms with Crippen LogP contribution in [0.3, 0.4) is 0 Å². The number of nitrogens with one attached hydrogen (secondary N) is 1. The van der Waals surface area contributed by atoms with Crippen molar-refractivity contribution in [2.45, 2.75) is 45.3 Å². The molecule has 0 spiro atoms. The number of aliphatic imine (C=N–C) groups is 1. The van der Waals surface area contributed by atoms with Gasteiger partial charge in [-0.3, -0.25) is 9.79 Å². The topological polar surface area (TPSA) is 85.9 Å². The van der Waals surface area contributed by atoms with Gasteiger partial charge in [-0.2, -0.15) is 0 Å². The van der Waals surface area contributed by atoms with Crippen LogP contribution >= 0.6 is 24.0 Å². The summed E-state index contributed by atoms with van der Waals surface area (Å²) in [5.74, 6) is 0.929. The van der Waals surface area contributed by atoms with E-state index in [1.807, 2.05) is 45.0 Å². The Kier molecular flexibility index (Phi) is 7.78. The molecule has 0 aliphatic carbocycles. The Morgan fingerprint density at radius 3 is 2.83 bits per heavy atom. The van der Waals surface area contributed by atoms with Crippen molar-refractivity contribution >= 4 is 35.9 Å². The van der Waals surface area contributed by atoms with Crippen LogP contribution in [0, 0.1) is 0 Å². The maximum atomic E-state index is 11.6. The molecule has 0 saturated carbocycles. The van der Waals surface area contributed by atoms with Gasteiger partial charge in [0.1, 0.15) is 11.4 Å². The predicted octanol–water partition coefficient (Wildman–Crippen LogP) is 2.76. The van der Waals surface area contributed by atoms with Gasteiger partial charge in [-0.1, -0.05) is 18.2 Å².